The van der Waals surface area contributed by atoms with Crippen molar-refractivity contribution < 1.29 is 14.2 Å². The fourth-order valence-corrected chi connectivity index (χ4v) is 2.12. The average molecular weight is 242 g/mol. The maximum absolute atomic E-state index is 6.32. The molecule has 0 saturated carbocycles. The second-order valence-corrected chi connectivity index (χ2v) is 6.08. The van der Waals surface area contributed by atoms with Crippen LogP contribution in [0.5, 0.6) is 0 Å². The number of rotatable bonds is 8. The van der Waals surface area contributed by atoms with Gasteiger partial charge in [0.15, 0.2) is 0 Å². The lowest BCUT2D eigenvalue weighted by Gasteiger charge is -2.29. The lowest BCUT2D eigenvalue weighted by atomic mass is 9.98. The highest BCUT2D eigenvalue weighted by Crippen LogP contribution is 2.28. The highest BCUT2D eigenvalue weighted by Gasteiger charge is 2.33. The molecular formula is C14H26O3. The van der Waals surface area contributed by atoms with Crippen molar-refractivity contribution in [2.24, 2.45) is 11.8 Å². The molecule has 0 amide bonds. The molecule has 0 radical (unpaired) electrons. The van der Waals surface area contributed by atoms with E-state index in [0.29, 0.717) is 36.3 Å². The fourth-order valence-electron chi connectivity index (χ4n) is 2.12. The third-order valence-electron chi connectivity index (χ3n) is 3.63. The third kappa shape index (κ3) is 4.57. The van der Waals surface area contributed by atoms with Crippen molar-refractivity contribution in [3.8, 4) is 0 Å². The monoisotopic (exact) mass is 242 g/mol. The van der Waals surface area contributed by atoms with E-state index in [-0.39, 0.29) is 0 Å². The summed E-state index contributed by atoms with van der Waals surface area (Å²) in [4.78, 5) is 0. The molecule has 0 N–H and O–H groups in total. The van der Waals surface area contributed by atoms with Crippen molar-refractivity contribution in [3.05, 3.63) is 0 Å². The fraction of sp³-hybridized carbons (Fsp3) is 1.00. The summed E-state index contributed by atoms with van der Waals surface area (Å²) in [5.74, 6) is 1.11. The van der Waals surface area contributed by atoms with Crippen molar-refractivity contribution in [1.29, 1.82) is 0 Å². The summed E-state index contributed by atoms with van der Waals surface area (Å²) >= 11 is 0. The zero-order chi connectivity index (χ0) is 12.4. The number of hydrogen-bond acceptors (Lipinski definition) is 3. The first-order valence-electron chi connectivity index (χ1n) is 6.95. The van der Waals surface area contributed by atoms with E-state index in [0.717, 1.165) is 26.1 Å². The van der Waals surface area contributed by atoms with Crippen LogP contribution in [0.15, 0.2) is 0 Å². The molecule has 2 rings (SSSR count). The van der Waals surface area contributed by atoms with Gasteiger partial charge in [-0.15, -0.1) is 0 Å². The SMILES string of the molecule is CC(C)C(CC1CO1)OC(CC1CO1)C(C)C. The maximum Gasteiger partial charge on any atom is 0.0834 e. The van der Waals surface area contributed by atoms with Crippen molar-refractivity contribution in [2.75, 3.05) is 13.2 Å². The Morgan fingerprint density at radius 2 is 1.24 bits per heavy atom. The third-order valence-corrected chi connectivity index (χ3v) is 3.63. The molecule has 3 heteroatoms. The van der Waals surface area contributed by atoms with Gasteiger partial charge in [0, 0.05) is 12.8 Å². The van der Waals surface area contributed by atoms with Crippen LogP contribution in [0.3, 0.4) is 0 Å². The van der Waals surface area contributed by atoms with Gasteiger partial charge in [-0.05, 0) is 11.8 Å². The van der Waals surface area contributed by atoms with Gasteiger partial charge in [-0.2, -0.15) is 0 Å². The summed E-state index contributed by atoms with van der Waals surface area (Å²) in [5, 5.41) is 0. The Morgan fingerprint density at radius 1 is 0.882 bits per heavy atom. The molecule has 2 saturated heterocycles. The number of ether oxygens (including phenoxy) is 3. The van der Waals surface area contributed by atoms with Crippen LogP contribution < -0.4 is 0 Å². The quantitative estimate of drug-likeness (QED) is 0.614. The van der Waals surface area contributed by atoms with E-state index >= 15 is 0 Å². The average Bonchev–Trinajstić information content (AvgIpc) is 3.10. The van der Waals surface area contributed by atoms with Crippen LogP contribution in [0.25, 0.3) is 0 Å². The standard InChI is InChI=1S/C14H26O3/c1-9(2)13(5-11-7-15-11)17-14(10(3)4)6-12-8-16-12/h9-14H,5-8H2,1-4H3. The lowest BCUT2D eigenvalue weighted by molar-refractivity contribution is -0.0680. The Hall–Kier alpha value is -0.120. The minimum atomic E-state index is 0.327. The van der Waals surface area contributed by atoms with E-state index in [1.807, 2.05) is 0 Å². The zero-order valence-electron chi connectivity index (χ0n) is 11.5. The maximum atomic E-state index is 6.32. The summed E-state index contributed by atoms with van der Waals surface area (Å²) < 4.78 is 17.0. The molecule has 4 atom stereocenters. The van der Waals surface area contributed by atoms with Crippen LogP contribution in [0, 0.1) is 11.8 Å². The molecule has 17 heavy (non-hydrogen) atoms. The van der Waals surface area contributed by atoms with E-state index in [2.05, 4.69) is 27.7 Å². The Kier molecular flexibility index (Phi) is 4.45. The second kappa shape index (κ2) is 5.68. The number of hydrogen-bond donors (Lipinski definition) is 0. The van der Waals surface area contributed by atoms with Crippen molar-refractivity contribution >= 4 is 0 Å². The van der Waals surface area contributed by atoms with Crippen molar-refractivity contribution in [2.45, 2.75) is 65.0 Å². The smallest absolute Gasteiger partial charge is 0.0834 e. The van der Waals surface area contributed by atoms with E-state index in [1.54, 1.807) is 0 Å². The first-order chi connectivity index (χ1) is 8.06. The van der Waals surface area contributed by atoms with Gasteiger partial charge in [0.25, 0.3) is 0 Å². The van der Waals surface area contributed by atoms with Gasteiger partial charge in [-0.25, -0.2) is 0 Å². The Morgan fingerprint density at radius 3 is 1.47 bits per heavy atom. The molecule has 0 spiro atoms. The minimum absolute atomic E-state index is 0.327. The van der Waals surface area contributed by atoms with Crippen LogP contribution in [-0.4, -0.2) is 37.6 Å². The van der Waals surface area contributed by atoms with Crippen molar-refractivity contribution in [3.63, 3.8) is 0 Å². The van der Waals surface area contributed by atoms with Crippen LogP contribution in [0.2, 0.25) is 0 Å². The molecular weight excluding hydrogens is 216 g/mol. The Balaban J connectivity index is 1.82. The first-order valence-corrected chi connectivity index (χ1v) is 6.95. The van der Waals surface area contributed by atoms with Crippen LogP contribution in [0.4, 0.5) is 0 Å². The highest BCUT2D eigenvalue weighted by atomic mass is 16.6. The largest absolute Gasteiger partial charge is 0.374 e. The van der Waals surface area contributed by atoms with Crippen LogP contribution >= 0.6 is 0 Å². The van der Waals surface area contributed by atoms with E-state index in [9.17, 15) is 0 Å². The van der Waals surface area contributed by atoms with Gasteiger partial charge in [-0.3, -0.25) is 0 Å². The predicted octanol–water partition coefficient (Wildman–Crippen LogP) is 2.63. The van der Waals surface area contributed by atoms with Gasteiger partial charge in [0.2, 0.25) is 0 Å². The Bertz CT molecular complexity index is 208. The molecule has 0 aromatic carbocycles. The van der Waals surface area contributed by atoms with E-state index < -0.39 is 0 Å². The van der Waals surface area contributed by atoms with Gasteiger partial charge in [0.1, 0.15) is 0 Å². The summed E-state index contributed by atoms with van der Waals surface area (Å²) in [6.45, 7) is 10.8. The van der Waals surface area contributed by atoms with E-state index in [1.165, 1.54) is 0 Å². The topological polar surface area (TPSA) is 34.3 Å². The molecule has 0 aromatic rings. The summed E-state index contributed by atoms with van der Waals surface area (Å²) in [6, 6.07) is 0. The zero-order valence-corrected chi connectivity index (χ0v) is 11.5. The molecule has 2 fully saturated rings. The molecule has 2 aliphatic heterocycles. The molecule has 2 heterocycles. The molecule has 4 unspecified atom stereocenters. The highest BCUT2D eigenvalue weighted by molar-refractivity contribution is 4.81. The molecule has 3 nitrogen and oxygen atoms in total. The van der Waals surface area contributed by atoms with Gasteiger partial charge >= 0.3 is 0 Å². The van der Waals surface area contributed by atoms with Crippen molar-refractivity contribution in [1.82, 2.24) is 0 Å². The number of epoxide rings is 2. The second-order valence-electron chi connectivity index (χ2n) is 6.08. The molecule has 0 aromatic heterocycles. The van der Waals surface area contributed by atoms with E-state index in [4.69, 9.17) is 14.2 Å². The minimum Gasteiger partial charge on any atom is -0.374 e. The first kappa shape index (κ1) is 13.3. The summed E-state index contributed by atoms with van der Waals surface area (Å²) in [7, 11) is 0. The lowest BCUT2D eigenvalue weighted by Crippen LogP contribution is -2.32. The molecule has 2 aliphatic rings. The molecule has 0 bridgehead atoms. The normalized spacial score (nSPS) is 30.7. The molecule has 0 aliphatic carbocycles. The van der Waals surface area contributed by atoms with Crippen LogP contribution in [0.1, 0.15) is 40.5 Å². The Labute approximate surface area is 105 Å². The molecule has 100 valence electrons. The van der Waals surface area contributed by atoms with Crippen LogP contribution in [-0.2, 0) is 14.2 Å². The van der Waals surface area contributed by atoms with Gasteiger partial charge < -0.3 is 14.2 Å². The summed E-state index contributed by atoms with van der Waals surface area (Å²) in [6.07, 6.45) is 3.65. The summed E-state index contributed by atoms with van der Waals surface area (Å²) in [5.41, 5.74) is 0. The van der Waals surface area contributed by atoms with Gasteiger partial charge in [-0.1, -0.05) is 27.7 Å². The predicted molar refractivity (Wildman–Crippen MR) is 67.1 cm³/mol. The van der Waals surface area contributed by atoms with Gasteiger partial charge in [0.05, 0.1) is 37.6 Å².